The summed E-state index contributed by atoms with van der Waals surface area (Å²) in [6.07, 6.45) is 1.32. The number of aryl methyl sites for hydroxylation is 2. The van der Waals surface area contributed by atoms with Crippen LogP contribution in [0.3, 0.4) is 0 Å². The molecule has 88 valence electrons. The summed E-state index contributed by atoms with van der Waals surface area (Å²) >= 11 is 5.96. The van der Waals surface area contributed by atoms with Gasteiger partial charge in [0.25, 0.3) is 5.91 Å². The Labute approximate surface area is 104 Å². The number of carbonyl (C=O) groups is 1. The molecule has 1 amide bonds. The van der Waals surface area contributed by atoms with E-state index in [0.717, 1.165) is 5.56 Å². The lowest BCUT2D eigenvalue weighted by Crippen LogP contribution is -2.12. The summed E-state index contributed by atoms with van der Waals surface area (Å²) in [4.78, 5) is 15.7. The van der Waals surface area contributed by atoms with E-state index >= 15 is 0 Å². The van der Waals surface area contributed by atoms with Gasteiger partial charge in [0, 0.05) is 17.6 Å². The molecule has 5 heteroatoms. The summed E-state index contributed by atoms with van der Waals surface area (Å²) in [6.45, 7) is 3.58. The molecule has 0 saturated heterocycles. The van der Waals surface area contributed by atoms with Gasteiger partial charge in [-0.3, -0.25) is 4.79 Å². The first-order valence-electron chi connectivity index (χ1n) is 5.06. The molecule has 2 rings (SSSR count). The minimum Gasteiger partial charge on any atom is -0.448 e. The van der Waals surface area contributed by atoms with Crippen molar-refractivity contribution in [1.82, 2.24) is 4.98 Å². The molecule has 0 aliphatic rings. The Morgan fingerprint density at radius 1 is 1.41 bits per heavy atom. The summed E-state index contributed by atoms with van der Waals surface area (Å²) in [5, 5.41) is 3.30. The van der Waals surface area contributed by atoms with Crippen LogP contribution in [0.1, 0.15) is 21.9 Å². The number of rotatable bonds is 2. The third kappa shape index (κ3) is 2.65. The van der Waals surface area contributed by atoms with Crippen LogP contribution in [0.2, 0.25) is 5.02 Å². The van der Waals surface area contributed by atoms with E-state index in [9.17, 15) is 4.79 Å². The summed E-state index contributed by atoms with van der Waals surface area (Å²) in [6, 6.07) is 5.32. The smallest absolute Gasteiger partial charge is 0.277 e. The maximum Gasteiger partial charge on any atom is 0.277 e. The number of nitrogens with one attached hydrogen (secondary N) is 1. The third-order valence-electron chi connectivity index (χ3n) is 2.28. The second-order valence-electron chi connectivity index (χ2n) is 3.67. The molecule has 0 unspecified atom stereocenters. The van der Waals surface area contributed by atoms with Crippen LogP contribution in [0.25, 0.3) is 0 Å². The van der Waals surface area contributed by atoms with E-state index in [-0.39, 0.29) is 11.6 Å². The second-order valence-corrected chi connectivity index (χ2v) is 4.08. The van der Waals surface area contributed by atoms with E-state index in [1.807, 2.05) is 13.0 Å². The zero-order valence-electron chi connectivity index (χ0n) is 9.45. The van der Waals surface area contributed by atoms with Crippen LogP contribution in [0.15, 0.2) is 28.9 Å². The lowest BCUT2D eigenvalue weighted by Gasteiger charge is -2.04. The summed E-state index contributed by atoms with van der Waals surface area (Å²) in [7, 11) is 0. The molecule has 1 N–H and O–H groups in total. The van der Waals surface area contributed by atoms with Gasteiger partial charge in [-0.1, -0.05) is 17.7 Å². The largest absolute Gasteiger partial charge is 0.448 e. The molecule has 17 heavy (non-hydrogen) atoms. The van der Waals surface area contributed by atoms with E-state index in [0.29, 0.717) is 16.6 Å². The number of benzene rings is 1. The van der Waals surface area contributed by atoms with Crippen molar-refractivity contribution in [2.45, 2.75) is 13.8 Å². The first-order valence-corrected chi connectivity index (χ1v) is 5.43. The first-order chi connectivity index (χ1) is 8.06. The molecule has 2 aromatic rings. The molecule has 1 aromatic carbocycles. The molecule has 1 heterocycles. The van der Waals surface area contributed by atoms with Gasteiger partial charge in [-0.25, -0.2) is 4.98 Å². The van der Waals surface area contributed by atoms with Crippen LogP contribution in [0.5, 0.6) is 0 Å². The van der Waals surface area contributed by atoms with Gasteiger partial charge in [-0.05, 0) is 24.6 Å². The first kappa shape index (κ1) is 11.7. The zero-order chi connectivity index (χ0) is 12.4. The predicted molar refractivity (Wildman–Crippen MR) is 65.4 cm³/mol. The molecule has 0 radical (unpaired) electrons. The van der Waals surface area contributed by atoms with E-state index in [1.165, 1.54) is 6.26 Å². The van der Waals surface area contributed by atoms with Crippen molar-refractivity contribution in [2.24, 2.45) is 0 Å². The molecular weight excluding hydrogens is 240 g/mol. The standard InChI is InChI=1S/C12H11ClN2O2/c1-7-3-4-9(5-10(7)13)15-12(16)11-6-17-8(2)14-11/h3-6H,1-2H3,(H,15,16). The number of amides is 1. The molecule has 0 atom stereocenters. The van der Waals surface area contributed by atoms with Crippen LogP contribution in [0.4, 0.5) is 5.69 Å². The number of carbonyl (C=O) groups excluding carboxylic acids is 1. The normalized spacial score (nSPS) is 10.3. The highest BCUT2D eigenvalue weighted by Gasteiger charge is 2.11. The van der Waals surface area contributed by atoms with Crippen LogP contribution >= 0.6 is 11.6 Å². The Morgan fingerprint density at radius 2 is 2.18 bits per heavy atom. The lowest BCUT2D eigenvalue weighted by molar-refractivity contribution is 0.102. The van der Waals surface area contributed by atoms with Crippen LogP contribution in [-0.2, 0) is 0 Å². The molecule has 0 fully saturated rings. The molecule has 4 nitrogen and oxygen atoms in total. The Balaban J connectivity index is 2.15. The minimum absolute atomic E-state index is 0.249. The number of hydrogen-bond acceptors (Lipinski definition) is 3. The predicted octanol–water partition coefficient (Wildman–Crippen LogP) is 3.20. The van der Waals surface area contributed by atoms with Gasteiger partial charge in [-0.15, -0.1) is 0 Å². The van der Waals surface area contributed by atoms with Crippen molar-refractivity contribution in [3.63, 3.8) is 0 Å². The van der Waals surface area contributed by atoms with Crippen LogP contribution in [-0.4, -0.2) is 10.9 Å². The molecule has 0 saturated carbocycles. The summed E-state index contributed by atoms with van der Waals surface area (Å²) in [5.74, 6) is 0.138. The Kier molecular flexibility index (Phi) is 3.15. The van der Waals surface area contributed by atoms with Gasteiger partial charge >= 0.3 is 0 Å². The number of halogens is 1. The fraction of sp³-hybridized carbons (Fsp3) is 0.167. The molecular formula is C12H11ClN2O2. The molecule has 0 aliphatic carbocycles. The number of oxazole rings is 1. The van der Waals surface area contributed by atoms with Crippen molar-refractivity contribution < 1.29 is 9.21 Å². The van der Waals surface area contributed by atoms with Crippen molar-refractivity contribution in [3.05, 3.63) is 46.6 Å². The molecule has 0 aliphatic heterocycles. The molecule has 0 bridgehead atoms. The number of anilines is 1. The van der Waals surface area contributed by atoms with Crippen molar-refractivity contribution in [2.75, 3.05) is 5.32 Å². The topological polar surface area (TPSA) is 55.1 Å². The SMILES string of the molecule is Cc1nc(C(=O)Nc2ccc(C)c(Cl)c2)co1. The van der Waals surface area contributed by atoms with Crippen molar-refractivity contribution >= 4 is 23.2 Å². The quantitative estimate of drug-likeness (QED) is 0.891. The number of aromatic nitrogens is 1. The average Bonchev–Trinajstić information content (AvgIpc) is 2.70. The van der Waals surface area contributed by atoms with Gasteiger partial charge in [0.1, 0.15) is 6.26 Å². The summed E-state index contributed by atoms with van der Waals surface area (Å²) < 4.78 is 4.97. The summed E-state index contributed by atoms with van der Waals surface area (Å²) in [5.41, 5.74) is 1.84. The number of hydrogen-bond donors (Lipinski definition) is 1. The van der Waals surface area contributed by atoms with Crippen LogP contribution in [0, 0.1) is 13.8 Å². The van der Waals surface area contributed by atoms with Crippen molar-refractivity contribution in [3.8, 4) is 0 Å². The Hall–Kier alpha value is -1.81. The van der Waals surface area contributed by atoms with Crippen molar-refractivity contribution in [1.29, 1.82) is 0 Å². The van der Waals surface area contributed by atoms with Gasteiger partial charge in [0.05, 0.1) is 0 Å². The highest BCUT2D eigenvalue weighted by atomic mass is 35.5. The maximum absolute atomic E-state index is 11.7. The van der Waals surface area contributed by atoms with E-state index in [2.05, 4.69) is 10.3 Å². The lowest BCUT2D eigenvalue weighted by atomic mass is 10.2. The number of nitrogens with zero attached hydrogens (tertiary/aromatic N) is 1. The monoisotopic (exact) mass is 250 g/mol. The van der Waals surface area contributed by atoms with Gasteiger partial charge < -0.3 is 9.73 Å². The van der Waals surface area contributed by atoms with Crippen LogP contribution < -0.4 is 5.32 Å². The van der Waals surface area contributed by atoms with Gasteiger partial charge in [-0.2, -0.15) is 0 Å². The minimum atomic E-state index is -0.318. The van der Waals surface area contributed by atoms with E-state index < -0.39 is 0 Å². The van der Waals surface area contributed by atoms with E-state index in [1.54, 1.807) is 19.1 Å². The Morgan fingerprint density at radius 3 is 2.76 bits per heavy atom. The fourth-order valence-electron chi connectivity index (χ4n) is 1.33. The third-order valence-corrected chi connectivity index (χ3v) is 2.69. The fourth-order valence-corrected chi connectivity index (χ4v) is 1.51. The van der Waals surface area contributed by atoms with Gasteiger partial charge in [0.15, 0.2) is 11.6 Å². The average molecular weight is 251 g/mol. The van der Waals surface area contributed by atoms with E-state index in [4.69, 9.17) is 16.0 Å². The zero-order valence-corrected chi connectivity index (χ0v) is 10.2. The Bertz CT molecular complexity index is 563. The molecule has 1 aromatic heterocycles. The highest BCUT2D eigenvalue weighted by Crippen LogP contribution is 2.20. The maximum atomic E-state index is 11.7. The van der Waals surface area contributed by atoms with Gasteiger partial charge in [0.2, 0.25) is 0 Å². The second kappa shape index (κ2) is 4.59. The highest BCUT2D eigenvalue weighted by molar-refractivity contribution is 6.31. The molecule has 0 spiro atoms.